The van der Waals surface area contributed by atoms with Gasteiger partial charge < -0.3 is 5.32 Å². The van der Waals surface area contributed by atoms with Gasteiger partial charge in [0.05, 0.1) is 21.2 Å². The first-order valence-corrected chi connectivity index (χ1v) is 7.80. The molecule has 0 bridgehead atoms. The Morgan fingerprint density at radius 2 is 2.21 bits per heavy atom. The molecule has 1 amide bonds. The lowest BCUT2D eigenvalue weighted by atomic mass is 10.4. The Morgan fingerprint density at radius 3 is 2.74 bits per heavy atom. The molecule has 0 fully saturated rings. The van der Waals surface area contributed by atoms with Gasteiger partial charge in [-0.2, -0.15) is 10.2 Å². The minimum absolute atomic E-state index is 0.272. The molecule has 0 aromatic carbocycles. The summed E-state index contributed by atoms with van der Waals surface area (Å²) in [6, 6.07) is 0. The lowest BCUT2D eigenvalue weighted by Gasteiger charge is -2.01. The first kappa shape index (κ1) is 14.7. The largest absolute Gasteiger partial charge is 0.345 e. The third-order valence-electron chi connectivity index (χ3n) is 2.41. The van der Waals surface area contributed by atoms with E-state index in [9.17, 15) is 4.79 Å². The number of amides is 1. The third-order valence-corrected chi connectivity index (χ3v) is 4.95. The topological polar surface area (TPSA) is 75.6 Å². The van der Waals surface area contributed by atoms with Crippen LogP contribution >= 0.6 is 47.8 Å². The smallest absolute Gasteiger partial charge is 0.273 e. The lowest BCUT2D eigenvalue weighted by molar-refractivity contribution is 0.0944. The zero-order valence-corrected chi connectivity index (χ0v) is 14.6. The van der Waals surface area contributed by atoms with Crippen LogP contribution in [-0.4, -0.2) is 25.9 Å². The van der Waals surface area contributed by atoms with E-state index in [1.165, 1.54) is 0 Å². The number of hydrogen-bond donors (Lipinski definition) is 2. The van der Waals surface area contributed by atoms with Crippen molar-refractivity contribution < 1.29 is 4.79 Å². The molecular formula is C10H10Br3N5O. The van der Waals surface area contributed by atoms with Gasteiger partial charge in [-0.25, -0.2) is 0 Å². The van der Waals surface area contributed by atoms with E-state index in [0.717, 1.165) is 16.7 Å². The molecule has 0 radical (unpaired) electrons. The number of aryl methyl sites for hydroxylation is 1. The van der Waals surface area contributed by atoms with E-state index in [4.69, 9.17) is 0 Å². The van der Waals surface area contributed by atoms with Gasteiger partial charge in [-0.3, -0.25) is 14.6 Å². The van der Waals surface area contributed by atoms with Crippen molar-refractivity contribution in [1.29, 1.82) is 0 Å². The van der Waals surface area contributed by atoms with Crippen molar-refractivity contribution in [1.82, 2.24) is 25.3 Å². The molecule has 0 atom stereocenters. The molecule has 6 nitrogen and oxygen atoms in total. The second-order valence-electron chi connectivity index (χ2n) is 3.66. The fourth-order valence-electron chi connectivity index (χ4n) is 1.42. The summed E-state index contributed by atoms with van der Waals surface area (Å²) in [4.78, 5) is 11.9. The summed E-state index contributed by atoms with van der Waals surface area (Å²) in [7, 11) is 0. The number of rotatable bonds is 4. The number of carbonyl (C=O) groups is 1. The SMILES string of the molecule is CCn1cc(Br)c(CNC(=O)c2n[nH]c(Br)c2Br)n1. The van der Waals surface area contributed by atoms with E-state index in [2.05, 4.69) is 68.4 Å². The van der Waals surface area contributed by atoms with Crippen LogP contribution in [0.3, 0.4) is 0 Å². The molecule has 19 heavy (non-hydrogen) atoms. The van der Waals surface area contributed by atoms with Crippen LogP contribution in [0.5, 0.6) is 0 Å². The predicted octanol–water partition coefficient (Wildman–Crippen LogP) is 2.84. The average Bonchev–Trinajstić information content (AvgIpc) is 2.91. The van der Waals surface area contributed by atoms with Crippen molar-refractivity contribution >= 4 is 53.7 Å². The van der Waals surface area contributed by atoms with Crippen molar-refractivity contribution in [2.24, 2.45) is 0 Å². The van der Waals surface area contributed by atoms with Crippen LogP contribution in [-0.2, 0) is 13.1 Å². The van der Waals surface area contributed by atoms with Gasteiger partial charge in [-0.15, -0.1) is 0 Å². The van der Waals surface area contributed by atoms with Crippen molar-refractivity contribution in [3.05, 3.63) is 31.1 Å². The lowest BCUT2D eigenvalue weighted by Crippen LogP contribution is -2.24. The van der Waals surface area contributed by atoms with Gasteiger partial charge >= 0.3 is 0 Å². The summed E-state index contributed by atoms with van der Waals surface area (Å²) in [6.07, 6.45) is 1.88. The van der Waals surface area contributed by atoms with Crippen molar-refractivity contribution in [3.63, 3.8) is 0 Å². The number of hydrogen-bond acceptors (Lipinski definition) is 3. The molecule has 9 heteroatoms. The summed E-state index contributed by atoms with van der Waals surface area (Å²) in [5.41, 5.74) is 1.08. The van der Waals surface area contributed by atoms with E-state index in [-0.39, 0.29) is 5.91 Å². The minimum Gasteiger partial charge on any atom is -0.345 e. The zero-order valence-electron chi connectivity index (χ0n) is 9.88. The Hall–Kier alpha value is -0.670. The van der Waals surface area contributed by atoms with E-state index in [0.29, 0.717) is 21.3 Å². The standard InChI is InChI=1S/C10H10Br3N5O/c1-2-18-4-5(11)6(17-18)3-14-10(19)8-7(12)9(13)16-15-8/h4H,2-3H2,1H3,(H,14,19)(H,15,16). The monoisotopic (exact) mass is 453 g/mol. The molecule has 0 saturated carbocycles. The summed E-state index contributed by atoms with van der Waals surface area (Å²) in [6.45, 7) is 3.12. The molecular weight excluding hydrogens is 446 g/mol. The van der Waals surface area contributed by atoms with Gasteiger partial charge in [-0.05, 0) is 54.7 Å². The Bertz CT molecular complexity index is 606. The Balaban J connectivity index is 2.04. The molecule has 2 aromatic rings. The number of aromatic nitrogens is 4. The Kier molecular flexibility index (Phi) is 4.80. The highest BCUT2D eigenvalue weighted by molar-refractivity contribution is 9.13. The number of carbonyl (C=O) groups excluding carboxylic acids is 1. The van der Waals surface area contributed by atoms with Gasteiger partial charge in [0.25, 0.3) is 5.91 Å². The van der Waals surface area contributed by atoms with Crippen LogP contribution in [0.4, 0.5) is 0 Å². The van der Waals surface area contributed by atoms with Gasteiger partial charge in [0.1, 0.15) is 4.60 Å². The van der Waals surface area contributed by atoms with Crippen LogP contribution in [0, 0.1) is 0 Å². The second-order valence-corrected chi connectivity index (χ2v) is 6.10. The number of aromatic amines is 1. The second kappa shape index (κ2) is 6.19. The fraction of sp³-hybridized carbons (Fsp3) is 0.300. The molecule has 2 aromatic heterocycles. The minimum atomic E-state index is -0.272. The van der Waals surface area contributed by atoms with Gasteiger partial charge in [0.2, 0.25) is 0 Å². The van der Waals surface area contributed by atoms with Gasteiger partial charge in [0, 0.05) is 12.7 Å². The van der Waals surface area contributed by atoms with Crippen LogP contribution in [0.2, 0.25) is 0 Å². The van der Waals surface area contributed by atoms with Gasteiger partial charge in [-0.1, -0.05) is 0 Å². The number of H-pyrrole nitrogens is 1. The summed E-state index contributed by atoms with van der Waals surface area (Å²) in [5.74, 6) is -0.272. The van der Waals surface area contributed by atoms with Crippen LogP contribution in [0.1, 0.15) is 23.1 Å². The molecule has 0 aliphatic carbocycles. The molecule has 0 saturated heterocycles. The highest BCUT2D eigenvalue weighted by atomic mass is 79.9. The molecule has 0 aliphatic rings. The molecule has 2 heterocycles. The number of nitrogens with one attached hydrogen (secondary N) is 2. The molecule has 0 aliphatic heterocycles. The molecule has 0 spiro atoms. The van der Waals surface area contributed by atoms with Gasteiger partial charge in [0.15, 0.2) is 5.69 Å². The molecule has 102 valence electrons. The van der Waals surface area contributed by atoms with Crippen LogP contribution < -0.4 is 5.32 Å². The Labute approximate surface area is 134 Å². The average molecular weight is 456 g/mol. The normalized spacial score (nSPS) is 10.7. The maximum atomic E-state index is 11.9. The number of nitrogens with zero attached hydrogens (tertiary/aromatic N) is 3. The molecule has 2 N–H and O–H groups in total. The molecule has 2 rings (SSSR count). The Morgan fingerprint density at radius 1 is 1.47 bits per heavy atom. The van der Waals surface area contributed by atoms with E-state index < -0.39 is 0 Å². The summed E-state index contributed by atoms with van der Waals surface area (Å²) >= 11 is 9.92. The highest BCUT2D eigenvalue weighted by Crippen LogP contribution is 2.23. The van der Waals surface area contributed by atoms with Crippen LogP contribution in [0.25, 0.3) is 0 Å². The first-order chi connectivity index (χ1) is 9.02. The van der Waals surface area contributed by atoms with Crippen molar-refractivity contribution in [2.75, 3.05) is 0 Å². The van der Waals surface area contributed by atoms with Crippen molar-refractivity contribution in [3.8, 4) is 0 Å². The maximum absolute atomic E-state index is 11.9. The van der Waals surface area contributed by atoms with E-state index in [1.54, 1.807) is 4.68 Å². The van der Waals surface area contributed by atoms with E-state index >= 15 is 0 Å². The number of halogens is 3. The highest BCUT2D eigenvalue weighted by Gasteiger charge is 2.17. The summed E-state index contributed by atoms with van der Waals surface area (Å²) in [5, 5.41) is 13.7. The summed E-state index contributed by atoms with van der Waals surface area (Å²) < 4.78 is 3.90. The predicted molar refractivity (Wildman–Crippen MR) is 80.8 cm³/mol. The third kappa shape index (κ3) is 3.26. The van der Waals surface area contributed by atoms with Crippen LogP contribution in [0.15, 0.2) is 19.7 Å². The quantitative estimate of drug-likeness (QED) is 0.744. The fourth-order valence-corrected chi connectivity index (χ4v) is 2.51. The molecule has 0 unspecified atom stereocenters. The first-order valence-electron chi connectivity index (χ1n) is 5.42. The zero-order chi connectivity index (χ0) is 14.0. The van der Waals surface area contributed by atoms with E-state index in [1.807, 2.05) is 13.1 Å². The maximum Gasteiger partial charge on any atom is 0.273 e. The van der Waals surface area contributed by atoms with Crippen molar-refractivity contribution in [2.45, 2.75) is 20.0 Å².